The number of carbonyl (C=O) groups excluding carboxylic acids is 1. The van der Waals surface area contributed by atoms with Crippen molar-refractivity contribution in [1.82, 2.24) is 5.32 Å². The average Bonchev–Trinajstić information content (AvgIpc) is 2.35. The van der Waals surface area contributed by atoms with Crippen LogP contribution in [0.25, 0.3) is 0 Å². The number of hydrogen-bond donors (Lipinski definition) is 1. The molecule has 0 aliphatic carbocycles. The van der Waals surface area contributed by atoms with Crippen LogP contribution in [0.3, 0.4) is 0 Å². The van der Waals surface area contributed by atoms with Crippen LogP contribution in [0.15, 0.2) is 16.5 Å². The van der Waals surface area contributed by atoms with E-state index in [1.807, 2.05) is 13.8 Å². The first kappa shape index (κ1) is 7.85. The fourth-order valence-corrected chi connectivity index (χ4v) is 0.697. The highest BCUT2D eigenvalue weighted by Crippen LogP contribution is 1.98. The lowest BCUT2D eigenvalue weighted by Crippen LogP contribution is -2.29. The number of rotatable bonds is 2. The van der Waals surface area contributed by atoms with Gasteiger partial charge in [0.05, 0.1) is 0 Å². The molecule has 0 bridgehead atoms. The van der Waals surface area contributed by atoms with E-state index in [0.29, 0.717) is 5.76 Å². The van der Waals surface area contributed by atoms with Crippen molar-refractivity contribution in [2.24, 2.45) is 0 Å². The SMILES string of the molecule is CC(C)NC(=O)c1cc[c]o1. The summed E-state index contributed by atoms with van der Waals surface area (Å²) < 4.78 is 4.76. The van der Waals surface area contributed by atoms with E-state index >= 15 is 0 Å². The van der Waals surface area contributed by atoms with Crippen LogP contribution < -0.4 is 5.32 Å². The summed E-state index contributed by atoms with van der Waals surface area (Å²) in [6.45, 7) is 3.79. The second kappa shape index (κ2) is 3.23. The molecule has 3 nitrogen and oxygen atoms in total. The molecule has 1 N–H and O–H groups in total. The van der Waals surface area contributed by atoms with E-state index in [2.05, 4.69) is 11.6 Å². The van der Waals surface area contributed by atoms with Crippen LogP contribution in [-0.2, 0) is 0 Å². The van der Waals surface area contributed by atoms with Crippen molar-refractivity contribution in [3.63, 3.8) is 0 Å². The van der Waals surface area contributed by atoms with Crippen molar-refractivity contribution in [1.29, 1.82) is 0 Å². The molecule has 59 valence electrons. The normalized spacial score (nSPS) is 10.1. The van der Waals surface area contributed by atoms with Gasteiger partial charge in [-0.3, -0.25) is 4.79 Å². The van der Waals surface area contributed by atoms with Gasteiger partial charge in [0.1, 0.15) is 0 Å². The molecular formula is C8H10NO2. The largest absolute Gasteiger partial charge is 0.448 e. The zero-order chi connectivity index (χ0) is 8.27. The molecule has 1 aromatic heterocycles. The van der Waals surface area contributed by atoms with Gasteiger partial charge >= 0.3 is 0 Å². The smallest absolute Gasteiger partial charge is 0.287 e. The Hall–Kier alpha value is -1.25. The number of carbonyl (C=O) groups is 1. The topological polar surface area (TPSA) is 42.2 Å². The highest BCUT2D eigenvalue weighted by molar-refractivity contribution is 5.91. The van der Waals surface area contributed by atoms with Crippen molar-refractivity contribution >= 4 is 5.91 Å². The van der Waals surface area contributed by atoms with E-state index in [4.69, 9.17) is 4.42 Å². The molecule has 1 aromatic rings. The Morgan fingerprint density at radius 1 is 1.73 bits per heavy atom. The molecule has 0 atom stereocenters. The summed E-state index contributed by atoms with van der Waals surface area (Å²) in [4.78, 5) is 11.1. The molecule has 11 heavy (non-hydrogen) atoms. The lowest BCUT2D eigenvalue weighted by atomic mass is 10.3. The van der Waals surface area contributed by atoms with Gasteiger partial charge in [-0.25, -0.2) is 0 Å². The Labute approximate surface area is 65.4 Å². The molecule has 0 aromatic carbocycles. The van der Waals surface area contributed by atoms with Gasteiger partial charge in [-0.15, -0.1) is 0 Å². The number of nitrogens with one attached hydrogen (secondary N) is 1. The van der Waals surface area contributed by atoms with Gasteiger partial charge in [0.15, 0.2) is 12.0 Å². The maximum Gasteiger partial charge on any atom is 0.287 e. The van der Waals surface area contributed by atoms with Crippen molar-refractivity contribution in [2.75, 3.05) is 0 Å². The van der Waals surface area contributed by atoms with Gasteiger partial charge in [-0.05, 0) is 26.0 Å². The lowest BCUT2D eigenvalue weighted by molar-refractivity contribution is 0.0915. The van der Waals surface area contributed by atoms with E-state index in [1.165, 1.54) is 0 Å². The van der Waals surface area contributed by atoms with E-state index in [-0.39, 0.29) is 11.9 Å². The van der Waals surface area contributed by atoms with Gasteiger partial charge in [-0.1, -0.05) is 0 Å². The first-order chi connectivity index (χ1) is 5.20. The standard InChI is InChI=1S/C8H10NO2/c1-6(2)9-8(10)7-4-3-5-11-7/h3-4,6H,1-2H3,(H,9,10). The van der Waals surface area contributed by atoms with Crippen LogP contribution >= 0.6 is 0 Å². The van der Waals surface area contributed by atoms with E-state index < -0.39 is 0 Å². The Bertz CT molecular complexity index is 226. The monoisotopic (exact) mass is 152 g/mol. The summed E-state index contributed by atoms with van der Waals surface area (Å²) in [5.41, 5.74) is 0. The molecule has 3 heteroatoms. The molecule has 1 heterocycles. The third kappa shape index (κ3) is 2.11. The molecular weight excluding hydrogens is 142 g/mol. The van der Waals surface area contributed by atoms with Crippen molar-refractivity contribution in [3.8, 4) is 0 Å². The van der Waals surface area contributed by atoms with Gasteiger partial charge in [0.2, 0.25) is 0 Å². The minimum atomic E-state index is -0.193. The maximum atomic E-state index is 11.1. The molecule has 0 aliphatic rings. The van der Waals surface area contributed by atoms with E-state index in [0.717, 1.165) is 0 Å². The van der Waals surface area contributed by atoms with Crippen LogP contribution in [0, 0.1) is 6.26 Å². The summed E-state index contributed by atoms with van der Waals surface area (Å²) in [5, 5.41) is 2.69. The zero-order valence-electron chi connectivity index (χ0n) is 6.55. The molecule has 0 aliphatic heterocycles. The summed E-state index contributed by atoms with van der Waals surface area (Å²) in [5.74, 6) is 0.111. The van der Waals surface area contributed by atoms with Gasteiger partial charge in [-0.2, -0.15) is 0 Å². The van der Waals surface area contributed by atoms with Crippen molar-refractivity contribution in [2.45, 2.75) is 19.9 Å². The summed E-state index contributed by atoms with van der Waals surface area (Å²) >= 11 is 0. The molecule has 0 unspecified atom stereocenters. The second-order valence-corrected chi connectivity index (χ2v) is 2.55. The quantitative estimate of drug-likeness (QED) is 0.692. The van der Waals surface area contributed by atoms with Crippen molar-refractivity contribution < 1.29 is 9.21 Å². The predicted octanol–water partition coefficient (Wildman–Crippen LogP) is 1.22. The predicted molar refractivity (Wildman–Crippen MR) is 40.1 cm³/mol. The van der Waals surface area contributed by atoms with Gasteiger partial charge < -0.3 is 9.73 Å². The molecule has 0 saturated heterocycles. The number of amides is 1. The Morgan fingerprint density at radius 3 is 2.91 bits per heavy atom. The fraction of sp³-hybridized carbons (Fsp3) is 0.375. The molecule has 1 rings (SSSR count). The summed E-state index contributed by atoms with van der Waals surface area (Å²) in [6, 6.07) is 3.28. The number of hydrogen-bond acceptors (Lipinski definition) is 2. The van der Waals surface area contributed by atoms with Crippen LogP contribution in [0.1, 0.15) is 24.4 Å². The maximum absolute atomic E-state index is 11.1. The Morgan fingerprint density at radius 2 is 2.45 bits per heavy atom. The summed E-state index contributed by atoms with van der Waals surface area (Å²) in [7, 11) is 0. The first-order valence-corrected chi connectivity index (χ1v) is 3.47. The highest BCUT2D eigenvalue weighted by atomic mass is 16.3. The third-order valence-corrected chi connectivity index (χ3v) is 1.12. The zero-order valence-corrected chi connectivity index (χ0v) is 6.55. The van der Waals surface area contributed by atoms with E-state index in [1.54, 1.807) is 12.1 Å². The average molecular weight is 152 g/mol. The van der Waals surface area contributed by atoms with Crippen LogP contribution in [0.4, 0.5) is 0 Å². The van der Waals surface area contributed by atoms with Crippen LogP contribution in [0.5, 0.6) is 0 Å². The third-order valence-electron chi connectivity index (χ3n) is 1.12. The Balaban J connectivity index is 2.57. The first-order valence-electron chi connectivity index (χ1n) is 3.47. The highest BCUT2D eigenvalue weighted by Gasteiger charge is 2.08. The second-order valence-electron chi connectivity index (χ2n) is 2.55. The summed E-state index contributed by atoms with van der Waals surface area (Å²) in [6.07, 6.45) is 2.45. The lowest BCUT2D eigenvalue weighted by Gasteiger charge is -2.04. The van der Waals surface area contributed by atoms with Gasteiger partial charge in [0.25, 0.3) is 5.91 Å². The molecule has 0 spiro atoms. The van der Waals surface area contributed by atoms with Crippen LogP contribution in [-0.4, -0.2) is 11.9 Å². The minimum absolute atomic E-state index is 0.132. The molecule has 0 fully saturated rings. The molecule has 1 radical (unpaired) electrons. The molecule has 1 amide bonds. The number of furan rings is 1. The minimum Gasteiger partial charge on any atom is -0.448 e. The van der Waals surface area contributed by atoms with E-state index in [9.17, 15) is 4.79 Å². The van der Waals surface area contributed by atoms with Crippen LogP contribution in [0.2, 0.25) is 0 Å². The molecule has 0 saturated carbocycles. The Kier molecular flexibility index (Phi) is 2.31. The fourth-order valence-electron chi connectivity index (χ4n) is 0.697. The van der Waals surface area contributed by atoms with Crippen molar-refractivity contribution in [3.05, 3.63) is 24.2 Å². The van der Waals surface area contributed by atoms with Gasteiger partial charge in [0, 0.05) is 6.04 Å².